The fourth-order valence-electron chi connectivity index (χ4n) is 3.89. The minimum Gasteiger partial charge on any atom is -0.493 e. The van der Waals surface area contributed by atoms with E-state index in [9.17, 15) is 13.5 Å². The number of rotatable bonds is 9. The van der Waals surface area contributed by atoms with Crippen molar-refractivity contribution in [3.8, 4) is 11.5 Å². The number of nitrogens with two attached hydrogens (primary N) is 1. The van der Waals surface area contributed by atoms with Crippen molar-refractivity contribution in [2.75, 3.05) is 24.8 Å². The van der Waals surface area contributed by atoms with E-state index in [-0.39, 0.29) is 17.7 Å². The lowest BCUT2D eigenvalue weighted by molar-refractivity contribution is 0.0609. The van der Waals surface area contributed by atoms with Crippen molar-refractivity contribution < 1.29 is 27.4 Å². The Morgan fingerprint density at radius 1 is 1.03 bits per heavy atom. The number of methoxy groups -OCH3 is 2. The van der Waals surface area contributed by atoms with E-state index in [1.807, 2.05) is 30.3 Å². The number of anilines is 1. The summed E-state index contributed by atoms with van der Waals surface area (Å²) in [4.78, 5) is 0. The smallest absolute Gasteiger partial charge is 0.232 e. The van der Waals surface area contributed by atoms with Crippen LogP contribution >= 0.6 is 0 Å². The zero-order chi connectivity index (χ0) is 25.1. The lowest BCUT2D eigenvalue weighted by Crippen LogP contribution is -2.38. The number of aliphatic hydroxyl groups is 1. The predicted octanol–water partition coefficient (Wildman–Crippen LogP) is 3.72. The van der Waals surface area contributed by atoms with Crippen molar-refractivity contribution in [3.05, 3.63) is 89.2 Å². The Morgan fingerprint density at radius 3 is 2.24 bits per heavy atom. The second-order valence-electron chi connectivity index (χ2n) is 8.16. The average molecular weight is 489 g/mol. The third-order valence-electron chi connectivity index (χ3n) is 5.47. The third-order valence-corrected chi connectivity index (χ3v) is 6.63. The highest BCUT2D eigenvalue weighted by Crippen LogP contribution is 2.39. The van der Waals surface area contributed by atoms with Crippen LogP contribution in [0, 0.1) is 5.82 Å². The van der Waals surface area contributed by atoms with E-state index in [2.05, 4.69) is 0 Å². The number of benzene rings is 3. The molecule has 0 saturated carbocycles. The molecule has 3 rings (SSSR count). The highest BCUT2D eigenvalue weighted by molar-refractivity contribution is 7.92. The second-order valence-corrected chi connectivity index (χ2v) is 10.0. The van der Waals surface area contributed by atoms with Gasteiger partial charge in [-0.05, 0) is 42.7 Å². The molecule has 0 aliphatic carbocycles. The fourth-order valence-corrected chi connectivity index (χ4v) is 5.05. The van der Waals surface area contributed by atoms with E-state index in [4.69, 9.17) is 15.2 Å². The maximum absolute atomic E-state index is 15.6. The molecule has 0 aliphatic heterocycles. The molecule has 1 unspecified atom stereocenters. The number of hydrogen-bond donors (Lipinski definition) is 2. The predicted molar refractivity (Wildman–Crippen MR) is 130 cm³/mol. The van der Waals surface area contributed by atoms with Gasteiger partial charge >= 0.3 is 0 Å². The summed E-state index contributed by atoms with van der Waals surface area (Å²) in [6.45, 7) is 1.23. The zero-order valence-corrected chi connectivity index (χ0v) is 20.3. The Labute approximate surface area is 199 Å². The Hall–Kier alpha value is -3.14. The molecule has 3 aromatic carbocycles. The van der Waals surface area contributed by atoms with Crippen LogP contribution in [-0.2, 0) is 22.2 Å². The molecule has 3 aromatic rings. The number of hydrogen-bond acceptors (Lipinski definition) is 6. The molecule has 0 amide bonds. The van der Waals surface area contributed by atoms with Gasteiger partial charge in [-0.1, -0.05) is 48.5 Å². The molecule has 2 atom stereocenters. The van der Waals surface area contributed by atoms with Gasteiger partial charge in [0.1, 0.15) is 5.72 Å². The monoisotopic (exact) mass is 488 g/mol. The first-order valence-corrected chi connectivity index (χ1v) is 12.4. The van der Waals surface area contributed by atoms with E-state index in [1.54, 1.807) is 18.2 Å². The minimum absolute atomic E-state index is 0.218. The Balaban J connectivity index is 2.27. The van der Waals surface area contributed by atoms with Crippen molar-refractivity contribution in [3.63, 3.8) is 0 Å². The van der Waals surface area contributed by atoms with Crippen molar-refractivity contribution in [1.29, 1.82) is 0 Å². The van der Waals surface area contributed by atoms with Gasteiger partial charge < -0.3 is 14.6 Å². The fraction of sp³-hybridized carbons (Fsp3) is 0.280. The van der Waals surface area contributed by atoms with Crippen LogP contribution in [-0.4, -0.2) is 34.0 Å². The summed E-state index contributed by atoms with van der Waals surface area (Å²) in [5.74, 6) is -0.0347. The number of nitrogens with zero attached hydrogens (tertiary/aromatic N) is 1. The van der Waals surface area contributed by atoms with Crippen molar-refractivity contribution in [1.82, 2.24) is 0 Å². The first-order chi connectivity index (χ1) is 16.0. The van der Waals surface area contributed by atoms with Gasteiger partial charge in [-0.2, -0.15) is 0 Å². The van der Waals surface area contributed by atoms with Crippen molar-refractivity contribution in [2.45, 2.75) is 25.1 Å². The van der Waals surface area contributed by atoms with E-state index >= 15 is 4.39 Å². The summed E-state index contributed by atoms with van der Waals surface area (Å²) in [7, 11) is -1.02. The second kappa shape index (κ2) is 10.0. The summed E-state index contributed by atoms with van der Waals surface area (Å²) in [6, 6.07) is 17.6. The van der Waals surface area contributed by atoms with Crippen LogP contribution in [0.25, 0.3) is 0 Å². The van der Waals surface area contributed by atoms with Gasteiger partial charge in [0.25, 0.3) is 0 Å². The number of halogens is 1. The summed E-state index contributed by atoms with van der Waals surface area (Å²) >= 11 is 0. The summed E-state index contributed by atoms with van der Waals surface area (Å²) in [6.07, 6.45) is 1.25. The molecule has 0 fully saturated rings. The van der Waals surface area contributed by atoms with Gasteiger partial charge in [-0.3, -0.25) is 10.0 Å². The van der Waals surface area contributed by atoms with Crippen LogP contribution < -0.4 is 19.5 Å². The first kappa shape index (κ1) is 25.5. The Kier molecular flexibility index (Phi) is 7.50. The van der Waals surface area contributed by atoms with Gasteiger partial charge in [0.05, 0.1) is 32.2 Å². The van der Waals surface area contributed by atoms with E-state index in [1.165, 1.54) is 39.3 Å². The van der Waals surface area contributed by atoms with E-state index in [0.717, 1.165) is 16.1 Å². The maximum Gasteiger partial charge on any atom is 0.232 e. The van der Waals surface area contributed by atoms with Crippen LogP contribution in [0.2, 0.25) is 0 Å². The zero-order valence-electron chi connectivity index (χ0n) is 19.5. The van der Waals surface area contributed by atoms with Gasteiger partial charge in [0, 0.05) is 5.56 Å². The molecular weight excluding hydrogens is 459 g/mol. The Morgan fingerprint density at radius 2 is 1.68 bits per heavy atom. The number of sulfonamides is 1. The van der Waals surface area contributed by atoms with Crippen LogP contribution in [0.1, 0.15) is 29.7 Å². The van der Waals surface area contributed by atoms with Crippen LogP contribution in [0.5, 0.6) is 11.5 Å². The molecule has 0 spiro atoms. The van der Waals surface area contributed by atoms with Crippen molar-refractivity contribution >= 4 is 15.7 Å². The molecule has 182 valence electrons. The van der Waals surface area contributed by atoms with Gasteiger partial charge in [0.2, 0.25) is 10.0 Å². The van der Waals surface area contributed by atoms with Crippen LogP contribution in [0.4, 0.5) is 10.1 Å². The molecule has 0 saturated heterocycles. The number of ether oxygens (including phenoxy) is 2. The molecule has 3 N–H and O–H groups in total. The molecule has 0 aromatic heterocycles. The molecular formula is C25H29FN2O5S. The molecule has 34 heavy (non-hydrogen) atoms. The third kappa shape index (κ3) is 5.49. The summed E-state index contributed by atoms with van der Waals surface area (Å²) in [5, 5.41) is 10.2. The summed E-state index contributed by atoms with van der Waals surface area (Å²) in [5.41, 5.74) is 4.71. The van der Waals surface area contributed by atoms with Crippen molar-refractivity contribution in [2.24, 2.45) is 5.73 Å². The topological polar surface area (TPSA) is 102 Å². The highest BCUT2D eigenvalue weighted by Gasteiger charge is 2.34. The van der Waals surface area contributed by atoms with E-state index in [0.29, 0.717) is 17.1 Å². The van der Waals surface area contributed by atoms with Gasteiger partial charge in [-0.25, -0.2) is 12.8 Å². The molecule has 9 heteroatoms. The van der Waals surface area contributed by atoms with Gasteiger partial charge in [-0.15, -0.1) is 0 Å². The average Bonchev–Trinajstić information content (AvgIpc) is 2.78. The quantitative estimate of drug-likeness (QED) is 0.445. The minimum atomic E-state index is -4.01. The lowest BCUT2D eigenvalue weighted by Gasteiger charge is -2.34. The lowest BCUT2D eigenvalue weighted by atomic mass is 9.97. The largest absolute Gasteiger partial charge is 0.493 e. The standard InChI is InChI=1S/C25H29FN2O5S/c1-25(27,29)19-11-8-12-20(24(19)26)28(34(4,30)31)21(15-17-9-6-5-7-10-17)18-13-14-22(32-2)23(16-18)33-3/h5-14,16,21,29H,15,27H2,1-4H3/t21-,25?/m1/s1. The highest BCUT2D eigenvalue weighted by atomic mass is 32.2. The molecule has 0 radical (unpaired) electrons. The SMILES string of the molecule is COc1ccc([C@@H](Cc2ccccc2)N(c2cccc(C(C)(N)O)c2F)S(C)(=O)=O)cc1OC. The van der Waals surface area contributed by atoms with Gasteiger partial charge in [0.15, 0.2) is 17.3 Å². The molecule has 7 nitrogen and oxygen atoms in total. The van der Waals surface area contributed by atoms with Crippen LogP contribution in [0.15, 0.2) is 66.7 Å². The van der Waals surface area contributed by atoms with E-state index < -0.39 is 27.6 Å². The molecule has 0 bridgehead atoms. The van der Waals surface area contributed by atoms with Crippen LogP contribution in [0.3, 0.4) is 0 Å². The first-order valence-electron chi connectivity index (χ1n) is 10.5. The maximum atomic E-state index is 15.6. The normalized spacial score (nSPS) is 14.2. The Bertz CT molecular complexity index is 1240. The summed E-state index contributed by atoms with van der Waals surface area (Å²) < 4.78 is 53.7. The molecule has 0 aliphatic rings. The molecule has 0 heterocycles.